The van der Waals surface area contributed by atoms with Gasteiger partial charge >= 0.3 is 0 Å². The SMILES string of the molecule is CNCc1ccc(N2CCS(=O)CC2)c(F)c1. The Morgan fingerprint density at radius 3 is 2.71 bits per heavy atom. The number of hydrogen-bond donors (Lipinski definition) is 1. The molecule has 1 aliphatic heterocycles. The molecule has 0 spiro atoms. The summed E-state index contributed by atoms with van der Waals surface area (Å²) >= 11 is 0. The molecule has 0 amide bonds. The predicted octanol–water partition coefficient (Wildman–Crippen LogP) is 1.11. The Labute approximate surface area is 103 Å². The smallest absolute Gasteiger partial charge is 0.146 e. The fourth-order valence-electron chi connectivity index (χ4n) is 2.00. The van der Waals surface area contributed by atoms with Crippen molar-refractivity contribution in [1.29, 1.82) is 0 Å². The molecule has 0 bridgehead atoms. The normalized spacial score (nSPS) is 17.4. The van der Waals surface area contributed by atoms with Crippen molar-refractivity contribution >= 4 is 16.5 Å². The lowest BCUT2D eigenvalue weighted by Crippen LogP contribution is -2.38. The van der Waals surface area contributed by atoms with E-state index >= 15 is 0 Å². The zero-order chi connectivity index (χ0) is 12.3. The molecule has 1 saturated heterocycles. The molecule has 94 valence electrons. The van der Waals surface area contributed by atoms with Crippen molar-refractivity contribution in [3.05, 3.63) is 29.6 Å². The second-order valence-electron chi connectivity index (χ2n) is 4.15. The lowest BCUT2D eigenvalue weighted by atomic mass is 10.2. The second kappa shape index (κ2) is 5.60. The largest absolute Gasteiger partial charge is 0.367 e. The average molecular weight is 256 g/mol. The van der Waals surface area contributed by atoms with Crippen molar-refractivity contribution in [1.82, 2.24) is 5.32 Å². The van der Waals surface area contributed by atoms with E-state index in [-0.39, 0.29) is 5.82 Å². The van der Waals surface area contributed by atoms with Crippen molar-refractivity contribution in [3.63, 3.8) is 0 Å². The highest BCUT2D eigenvalue weighted by Gasteiger charge is 2.18. The first-order chi connectivity index (χ1) is 8.20. The zero-order valence-corrected chi connectivity index (χ0v) is 10.7. The van der Waals surface area contributed by atoms with E-state index < -0.39 is 10.8 Å². The third-order valence-corrected chi connectivity index (χ3v) is 4.19. The fraction of sp³-hybridized carbons (Fsp3) is 0.500. The highest BCUT2D eigenvalue weighted by atomic mass is 32.2. The summed E-state index contributed by atoms with van der Waals surface area (Å²) in [6.45, 7) is 2.02. The molecule has 1 aromatic rings. The van der Waals surface area contributed by atoms with E-state index in [9.17, 15) is 8.60 Å². The molecular formula is C12H17FN2OS. The Morgan fingerprint density at radius 1 is 1.41 bits per heavy atom. The molecule has 5 heteroatoms. The van der Waals surface area contributed by atoms with E-state index in [1.807, 2.05) is 24.1 Å². The number of hydrogen-bond acceptors (Lipinski definition) is 3. The lowest BCUT2D eigenvalue weighted by molar-refractivity contribution is 0.613. The third kappa shape index (κ3) is 3.04. The van der Waals surface area contributed by atoms with Crippen LogP contribution in [-0.2, 0) is 17.3 Å². The summed E-state index contributed by atoms with van der Waals surface area (Å²) in [4.78, 5) is 1.97. The Kier molecular flexibility index (Phi) is 4.12. The minimum absolute atomic E-state index is 0.189. The van der Waals surface area contributed by atoms with Gasteiger partial charge in [-0.25, -0.2) is 4.39 Å². The monoisotopic (exact) mass is 256 g/mol. The number of rotatable bonds is 3. The van der Waals surface area contributed by atoms with Crippen molar-refractivity contribution < 1.29 is 8.60 Å². The molecule has 1 N–H and O–H groups in total. The molecule has 2 rings (SSSR count). The van der Waals surface area contributed by atoms with Crippen LogP contribution < -0.4 is 10.2 Å². The Balaban J connectivity index is 2.13. The van der Waals surface area contributed by atoms with Crippen LogP contribution in [0.3, 0.4) is 0 Å². The summed E-state index contributed by atoms with van der Waals surface area (Å²) in [6, 6.07) is 5.31. The van der Waals surface area contributed by atoms with Crippen molar-refractivity contribution in [2.45, 2.75) is 6.54 Å². The summed E-state index contributed by atoms with van der Waals surface area (Å²) in [7, 11) is 1.12. The summed E-state index contributed by atoms with van der Waals surface area (Å²) in [5.41, 5.74) is 1.57. The molecule has 1 heterocycles. The standard InChI is InChI=1S/C12H17FN2OS/c1-14-9-10-2-3-12(11(13)8-10)15-4-6-17(16)7-5-15/h2-3,8,14H,4-7,9H2,1H3. The number of nitrogens with one attached hydrogen (secondary N) is 1. The third-order valence-electron chi connectivity index (χ3n) is 2.91. The second-order valence-corrected chi connectivity index (χ2v) is 5.85. The van der Waals surface area contributed by atoms with Gasteiger partial charge in [-0.15, -0.1) is 0 Å². The molecule has 17 heavy (non-hydrogen) atoms. The van der Waals surface area contributed by atoms with Gasteiger partial charge in [-0.05, 0) is 24.7 Å². The molecule has 0 atom stereocenters. The highest BCUT2D eigenvalue weighted by molar-refractivity contribution is 7.85. The first-order valence-electron chi connectivity index (χ1n) is 5.73. The molecule has 0 saturated carbocycles. The van der Waals surface area contributed by atoms with Crippen molar-refractivity contribution in [2.75, 3.05) is 36.5 Å². The molecule has 0 aromatic heterocycles. The zero-order valence-electron chi connectivity index (χ0n) is 9.91. The topological polar surface area (TPSA) is 32.3 Å². The minimum Gasteiger partial charge on any atom is -0.367 e. The van der Waals surface area contributed by atoms with Crippen LogP contribution in [0.15, 0.2) is 18.2 Å². The van der Waals surface area contributed by atoms with Gasteiger partial charge in [0.2, 0.25) is 0 Å². The highest BCUT2D eigenvalue weighted by Crippen LogP contribution is 2.21. The fourth-order valence-corrected chi connectivity index (χ4v) is 3.05. The summed E-state index contributed by atoms with van der Waals surface area (Å²) < 4.78 is 25.2. The molecule has 3 nitrogen and oxygen atoms in total. The molecule has 1 aliphatic rings. The minimum atomic E-state index is -0.723. The van der Waals surface area contributed by atoms with E-state index in [0.717, 1.165) is 5.56 Å². The molecule has 1 fully saturated rings. The van der Waals surface area contributed by atoms with Gasteiger partial charge < -0.3 is 10.2 Å². The molecule has 0 radical (unpaired) electrons. The van der Waals surface area contributed by atoms with Crippen molar-refractivity contribution in [3.8, 4) is 0 Å². The maximum atomic E-state index is 13.9. The first kappa shape index (κ1) is 12.5. The van der Waals surface area contributed by atoms with Gasteiger partial charge in [-0.2, -0.15) is 0 Å². The molecule has 1 aromatic carbocycles. The Hall–Kier alpha value is -0.940. The first-order valence-corrected chi connectivity index (χ1v) is 7.22. The number of nitrogens with zero attached hydrogens (tertiary/aromatic N) is 1. The van der Waals surface area contributed by atoms with Crippen LogP contribution in [0.25, 0.3) is 0 Å². The van der Waals surface area contributed by atoms with Crippen LogP contribution >= 0.6 is 0 Å². The summed E-state index contributed by atoms with van der Waals surface area (Å²) in [6.07, 6.45) is 0. The lowest BCUT2D eigenvalue weighted by Gasteiger charge is -2.28. The van der Waals surface area contributed by atoms with Crippen LogP contribution in [0.1, 0.15) is 5.56 Å². The van der Waals surface area contributed by atoms with Crippen LogP contribution in [0.4, 0.5) is 10.1 Å². The Bertz CT molecular complexity index is 415. The molecule has 0 aliphatic carbocycles. The van der Waals surface area contributed by atoms with Gasteiger partial charge in [0.1, 0.15) is 5.82 Å². The maximum Gasteiger partial charge on any atom is 0.146 e. The van der Waals surface area contributed by atoms with E-state index in [1.54, 1.807) is 6.07 Å². The number of benzene rings is 1. The molecular weight excluding hydrogens is 239 g/mol. The van der Waals surface area contributed by atoms with Crippen LogP contribution in [-0.4, -0.2) is 35.9 Å². The van der Waals surface area contributed by atoms with Crippen molar-refractivity contribution in [2.24, 2.45) is 0 Å². The van der Waals surface area contributed by atoms with Crippen LogP contribution in [0, 0.1) is 5.82 Å². The predicted molar refractivity (Wildman–Crippen MR) is 69.3 cm³/mol. The maximum absolute atomic E-state index is 13.9. The summed E-state index contributed by atoms with van der Waals surface area (Å²) in [5.74, 6) is 1.08. The van der Waals surface area contributed by atoms with Crippen LogP contribution in [0.5, 0.6) is 0 Å². The van der Waals surface area contributed by atoms with E-state index in [2.05, 4.69) is 5.32 Å². The van der Waals surface area contributed by atoms with Gasteiger partial charge in [0.25, 0.3) is 0 Å². The van der Waals surface area contributed by atoms with Gasteiger partial charge in [0.05, 0.1) is 5.69 Å². The van der Waals surface area contributed by atoms with E-state index in [1.165, 1.54) is 0 Å². The number of anilines is 1. The van der Waals surface area contributed by atoms with E-state index in [0.29, 0.717) is 36.8 Å². The van der Waals surface area contributed by atoms with Gasteiger partial charge in [0.15, 0.2) is 0 Å². The van der Waals surface area contributed by atoms with E-state index in [4.69, 9.17) is 0 Å². The quantitative estimate of drug-likeness (QED) is 0.879. The van der Waals surface area contributed by atoms with Gasteiger partial charge in [0, 0.05) is 41.9 Å². The summed E-state index contributed by atoms with van der Waals surface area (Å²) in [5, 5.41) is 3.00. The average Bonchev–Trinajstić information content (AvgIpc) is 2.31. The number of halogens is 1. The Morgan fingerprint density at radius 2 is 2.12 bits per heavy atom. The van der Waals surface area contributed by atoms with Crippen LogP contribution in [0.2, 0.25) is 0 Å². The van der Waals surface area contributed by atoms with Gasteiger partial charge in [-0.1, -0.05) is 6.07 Å². The molecule has 0 unspecified atom stereocenters. The van der Waals surface area contributed by atoms with Gasteiger partial charge in [-0.3, -0.25) is 4.21 Å².